The first-order chi connectivity index (χ1) is 17.5. The average Bonchev–Trinajstić information content (AvgIpc) is 3.54. The van der Waals surface area contributed by atoms with Crippen LogP contribution in [0.2, 0.25) is 77.1 Å². The molecule has 1 aliphatic carbocycles. The van der Waals surface area contributed by atoms with Crippen molar-refractivity contribution in [1.82, 2.24) is 0 Å². The zero-order valence-corrected chi connectivity index (χ0v) is 32.7. The van der Waals surface area contributed by atoms with Gasteiger partial charge in [0.1, 0.15) is 0 Å². The number of fused-ring (bicyclic) bond motifs is 1. The molecule has 13 heteroatoms. The van der Waals surface area contributed by atoms with Crippen LogP contribution in [-0.4, -0.2) is 82.4 Å². The minimum absolute atomic E-state index is 0.512. The van der Waals surface area contributed by atoms with E-state index < -0.39 is 50.4 Å². The Morgan fingerprint density at radius 3 is 1.76 bits per heavy atom. The third-order valence-corrected chi connectivity index (χ3v) is 40.1. The van der Waals surface area contributed by atoms with Crippen molar-refractivity contribution >= 4 is 50.4 Å². The van der Waals surface area contributed by atoms with E-state index in [0.717, 1.165) is 18.1 Å². The van der Waals surface area contributed by atoms with Crippen LogP contribution in [0.25, 0.3) is 0 Å². The van der Waals surface area contributed by atoms with E-state index in [4.69, 9.17) is 30.4 Å². The lowest BCUT2D eigenvalue weighted by Gasteiger charge is -2.46. The number of ether oxygens (including phenoxy) is 1. The van der Waals surface area contributed by atoms with E-state index in [1.54, 1.807) is 0 Å². The number of epoxide rings is 1. The van der Waals surface area contributed by atoms with E-state index in [1.807, 2.05) is 20.8 Å². The molecule has 0 spiro atoms. The van der Waals surface area contributed by atoms with Crippen molar-refractivity contribution in [2.24, 2.45) is 5.92 Å². The van der Waals surface area contributed by atoms with Crippen LogP contribution in [0, 0.1) is 5.92 Å². The van der Waals surface area contributed by atoms with Gasteiger partial charge >= 0.3 is 25.9 Å². The minimum Gasteiger partial charge on any atom is -0.439 e. The Morgan fingerprint density at radius 2 is 1.29 bits per heavy atom. The molecule has 38 heavy (non-hydrogen) atoms. The maximum absolute atomic E-state index is 7.37. The summed E-state index contributed by atoms with van der Waals surface area (Å²) in [6.07, 6.45) is 5.92. The second-order valence-electron chi connectivity index (χ2n) is 13.2. The van der Waals surface area contributed by atoms with Crippen molar-refractivity contribution in [2.75, 3.05) is 19.8 Å². The first-order valence-electron chi connectivity index (χ1n) is 15.0. The summed E-state index contributed by atoms with van der Waals surface area (Å²) in [5.74, 6) is 0.717. The quantitative estimate of drug-likeness (QED) is 0.111. The maximum Gasteiger partial charge on any atom is 0.500 e. The Balaban J connectivity index is 2.28. The summed E-state index contributed by atoms with van der Waals surface area (Å²) in [5, 5.41) is 0. The lowest BCUT2D eigenvalue weighted by molar-refractivity contribution is 0.0719. The zero-order valence-electron chi connectivity index (χ0n) is 26.7. The van der Waals surface area contributed by atoms with Gasteiger partial charge in [0.2, 0.25) is 0 Å². The molecule has 7 nitrogen and oxygen atoms in total. The average molecular weight is 640 g/mol. The Morgan fingerprint density at radius 1 is 0.711 bits per heavy atom. The SMILES string of the molecule is CCO[Si](CC[Si](C)(O[Si](C)C)O[Si](C)(CCC1CCC2OC2C1)O[Si](C)(C)[Si](C)(C)C)(OCC)OCC. The van der Waals surface area contributed by atoms with E-state index >= 15 is 0 Å². The lowest BCUT2D eigenvalue weighted by Crippen LogP contribution is -2.64. The minimum atomic E-state index is -2.79. The van der Waals surface area contributed by atoms with Crippen molar-refractivity contribution in [3.05, 3.63) is 0 Å². The fraction of sp³-hybridized carbons (Fsp3) is 1.00. The van der Waals surface area contributed by atoms with Gasteiger partial charge in [0.05, 0.1) is 19.8 Å². The second kappa shape index (κ2) is 14.5. The molecule has 0 N–H and O–H groups in total. The highest BCUT2D eigenvalue weighted by atomic mass is 29.3. The molecule has 1 saturated carbocycles. The van der Waals surface area contributed by atoms with Crippen LogP contribution in [0.3, 0.4) is 0 Å². The summed E-state index contributed by atoms with van der Waals surface area (Å²) in [7, 11) is -12.3. The Labute approximate surface area is 241 Å². The Hall–Kier alpha value is 1.02. The predicted octanol–water partition coefficient (Wildman–Crippen LogP) is 7.06. The molecule has 0 amide bonds. The molecule has 2 aliphatic rings. The third-order valence-electron chi connectivity index (χ3n) is 8.23. The molecule has 5 atom stereocenters. The van der Waals surface area contributed by atoms with Gasteiger partial charge in [-0.05, 0) is 104 Å². The molecule has 1 radical (unpaired) electrons. The highest BCUT2D eigenvalue weighted by Crippen LogP contribution is 2.42. The van der Waals surface area contributed by atoms with Crippen LogP contribution in [0.5, 0.6) is 0 Å². The zero-order chi connectivity index (χ0) is 28.8. The molecule has 225 valence electrons. The molecular formula is C25H59O7Si6. The largest absolute Gasteiger partial charge is 0.500 e. The van der Waals surface area contributed by atoms with Crippen LogP contribution >= 0.6 is 0 Å². The van der Waals surface area contributed by atoms with Crippen molar-refractivity contribution in [3.63, 3.8) is 0 Å². The monoisotopic (exact) mass is 639 g/mol. The van der Waals surface area contributed by atoms with Gasteiger partial charge < -0.3 is 30.4 Å². The van der Waals surface area contributed by atoms with Crippen LogP contribution < -0.4 is 0 Å². The molecule has 2 rings (SSSR count). The lowest BCUT2D eigenvalue weighted by atomic mass is 9.88. The summed E-state index contributed by atoms with van der Waals surface area (Å²) >= 11 is 0. The second-order valence-corrected chi connectivity index (χ2v) is 41.3. The van der Waals surface area contributed by atoms with E-state index in [-0.39, 0.29) is 0 Å². The molecule has 2 fully saturated rings. The van der Waals surface area contributed by atoms with E-state index in [9.17, 15) is 0 Å². The summed E-state index contributed by atoms with van der Waals surface area (Å²) in [4.78, 5) is 0. The Kier molecular flexibility index (Phi) is 13.4. The Bertz CT molecular complexity index is 708. The number of hydrogen-bond donors (Lipinski definition) is 0. The van der Waals surface area contributed by atoms with Crippen LogP contribution in [0.15, 0.2) is 0 Å². The summed E-state index contributed by atoms with van der Waals surface area (Å²) in [6, 6.07) is 2.56. The van der Waals surface area contributed by atoms with Gasteiger partial charge in [-0.2, -0.15) is 0 Å². The van der Waals surface area contributed by atoms with Crippen LogP contribution in [0.1, 0.15) is 46.5 Å². The smallest absolute Gasteiger partial charge is 0.439 e. The first kappa shape index (κ1) is 35.2. The van der Waals surface area contributed by atoms with Crippen molar-refractivity contribution < 1.29 is 30.4 Å². The van der Waals surface area contributed by atoms with E-state index in [2.05, 4.69) is 58.9 Å². The van der Waals surface area contributed by atoms with Crippen molar-refractivity contribution in [1.29, 1.82) is 0 Å². The van der Waals surface area contributed by atoms with Gasteiger partial charge in [0.15, 0.2) is 16.9 Å². The van der Waals surface area contributed by atoms with Gasteiger partial charge in [0.25, 0.3) is 0 Å². The van der Waals surface area contributed by atoms with Gasteiger partial charge in [-0.1, -0.05) is 19.6 Å². The van der Waals surface area contributed by atoms with Gasteiger partial charge in [-0.25, -0.2) is 0 Å². The molecule has 5 unspecified atom stereocenters. The normalized spacial score (nSPS) is 25.7. The van der Waals surface area contributed by atoms with Crippen molar-refractivity contribution in [2.45, 2.75) is 136 Å². The number of rotatable bonds is 19. The summed E-state index contributed by atoms with van der Waals surface area (Å²) < 4.78 is 46.0. The van der Waals surface area contributed by atoms with Crippen molar-refractivity contribution in [3.8, 4) is 0 Å². The molecule has 0 bridgehead atoms. The molecule has 1 aliphatic heterocycles. The summed E-state index contributed by atoms with van der Waals surface area (Å²) in [5.41, 5.74) is 0. The highest BCUT2D eigenvalue weighted by Gasteiger charge is 2.52. The fourth-order valence-electron chi connectivity index (χ4n) is 5.42. The first-order valence-corrected chi connectivity index (χ1v) is 31.8. The van der Waals surface area contributed by atoms with Gasteiger partial charge in [-0.15, -0.1) is 0 Å². The molecule has 0 aromatic heterocycles. The van der Waals surface area contributed by atoms with Crippen LogP contribution in [0.4, 0.5) is 0 Å². The molecule has 1 saturated heterocycles. The molecule has 0 aromatic rings. The van der Waals surface area contributed by atoms with Gasteiger partial charge in [0, 0.05) is 25.9 Å². The molecule has 1 heterocycles. The summed E-state index contributed by atoms with van der Waals surface area (Å²) in [6.45, 7) is 29.0. The van der Waals surface area contributed by atoms with E-state index in [1.165, 1.54) is 25.7 Å². The standard InChI is InChI=1S/C25H59O7Si6/c1-13-26-38(27-14-2,28-15-3)21-20-36(11,30-33(4)5)32-37(12,31-35(9,10)34(6,7)8)19-18-23-16-17-24-25(22-23)29-24/h23-25H,13-22H2,1-12H3. The predicted molar refractivity (Wildman–Crippen MR) is 170 cm³/mol. The topological polar surface area (TPSA) is 67.9 Å². The van der Waals surface area contributed by atoms with Crippen LogP contribution in [-0.2, 0) is 30.4 Å². The number of hydrogen-bond acceptors (Lipinski definition) is 7. The molecule has 0 aromatic carbocycles. The highest BCUT2D eigenvalue weighted by molar-refractivity contribution is 7.38. The molecular weight excluding hydrogens is 581 g/mol. The fourth-order valence-corrected chi connectivity index (χ4v) is 31.5. The maximum atomic E-state index is 7.37. The van der Waals surface area contributed by atoms with E-state index in [0.29, 0.717) is 37.9 Å². The third kappa shape index (κ3) is 10.7. The van der Waals surface area contributed by atoms with Gasteiger partial charge in [-0.3, -0.25) is 0 Å².